The quantitative estimate of drug-likeness (QED) is 0.883. The third-order valence-corrected chi connectivity index (χ3v) is 2.90. The van der Waals surface area contributed by atoms with Gasteiger partial charge in [0.05, 0.1) is 5.69 Å². The third-order valence-electron chi connectivity index (χ3n) is 2.21. The van der Waals surface area contributed by atoms with E-state index in [9.17, 15) is 4.79 Å². The highest BCUT2D eigenvalue weighted by atomic mass is 32.1. The Morgan fingerprint density at radius 2 is 2.38 bits per heavy atom. The summed E-state index contributed by atoms with van der Waals surface area (Å²) in [5, 5.41) is 6.86. The number of hydrogen-bond donors (Lipinski definition) is 1. The molecule has 0 aromatic carbocycles. The van der Waals surface area contributed by atoms with Gasteiger partial charge in [-0.2, -0.15) is 11.3 Å². The Morgan fingerprint density at radius 1 is 1.50 bits per heavy atom. The summed E-state index contributed by atoms with van der Waals surface area (Å²) in [4.78, 5) is 15.2. The van der Waals surface area contributed by atoms with Crippen molar-refractivity contribution in [1.82, 2.24) is 10.3 Å². The van der Waals surface area contributed by atoms with Crippen LogP contribution in [-0.2, 0) is 11.3 Å². The van der Waals surface area contributed by atoms with Crippen LogP contribution in [0.2, 0.25) is 0 Å². The van der Waals surface area contributed by atoms with Crippen LogP contribution in [0.5, 0.6) is 0 Å². The highest BCUT2D eigenvalue weighted by Crippen LogP contribution is 2.23. The molecule has 0 unspecified atom stereocenters. The van der Waals surface area contributed by atoms with Crippen LogP contribution in [0.3, 0.4) is 0 Å². The van der Waals surface area contributed by atoms with Gasteiger partial charge in [0.25, 0.3) is 0 Å². The van der Waals surface area contributed by atoms with Gasteiger partial charge in [-0.25, -0.2) is 0 Å². The second-order valence-electron chi connectivity index (χ2n) is 3.43. The van der Waals surface area contributed by atoms with Gasteiger partial charge in [-0.3, -0.25) is 9.78 Å². The van der Waals surface area contributed by atoms with Gasteiger partial charge in [0, 0.05) is 30.6 Å². The summed E-state index contributed by atoms with van der Waals surface area (Å²) in [5.74, 6) is -0.0277. The Morgan fingerprint density at radius 3 is 3.06 bits per heavy atom. The maximum Gasteiger partial charge on any atom is 0.217 e. The number of carbonyl (C=O) groups excluding carboxylic acids is 1. The van der Waals surface area contributed by atoms with E-state index in [-0.39, 0.29) is 5.91 Å². The van der Waals surface area contributed by atoms with Crippen molar-refractivity contribution in [1.29, 1.82) is 0 Å². The first-order valence-electron chi connectivity index (χ1n) is 4.98. The van der Waals surface area contributed by atoms with E-state index in [1.165, 1.54) is 6.92 Å². The number of aromatic nitrogens is 1. The molecule has 16 heavy (non-hydrogen) atoms. The summed E-state index contributed by atoms with van der Waals surface area (Å²) in [6, 6.07) is 5.90. The number of thiophene rings is 1. The number of rotatable bonds is 3. The van der Waals surface area contributed by atoms with Crippen molar-refractivity contribution >= 4 is 17.2 Å². The molecule has 2 rings (SSSR count). The van der Waals surface area contributed by atoms with Crippen molar-refractivity contribution in [3.63, 3.8) is 0 Å². The second kappa shape index (κ2) is 4.90. The van der Waals surface area contributed by atoms with Gasteiger partial charge >= 0.3 is 0 Å². The zero-order valence-electron chi connectivity index (χ0n) is 8.93. The van der Waals surface area contributed by atoms with Crippen molar-refractivity contribution in [3.8, 4) is 11.3 Å². The average molecular weight is 232 g/mol. The zero-order chi connectivity index (χ0) is 11.4. The molecule has 0 aliphatic carbocycles. The minimum Gasteiger partial charge on any atom is -0.352 e. The lowest BCUT2D eigenvalue weighted by Crippen LogP contribution is -2.19. The first-order valence-corrected chi connectivity index (χ1v) is 5.92. The lowest BCUT2D eigenvalue weighted by atomic mass is 10.1. The van der Waals surface area contributed by atoms with Crippen molar-refractivity contribution < 1.29 is 4.79 Å². The minimum absolute atomic E-state index is 0.0277. The van der Waals surface area contributed by atoms with Crippen LogP contribution < -0.4 is 5.32 Å². The number of nitrogens with zero attached hydrogens (tertiary/aromatic N) is 1. The zero-order valence-corrected chi connectivity index (χ0v) is 9.75. The molecule has 0 aliphatic heterocycles. The number of pyridine rings is 1. The predicted octanol–water partition coefficient (Wildman–Crippen LogP) is 2.45. The third kappa shape index (κ3) is 2.46. The molecule has 2 heterocycles. The fraction of sp³-hybridized carbons (Fsp3) is 0.167. The molecular formula is C12H12N2OS. The molecule has 2 aromatic heterocycles. The highest BCUT2D eigenvalue weighted by Gasteiger charge is 2.06. The van der Waals surface area contributed by atoms with E-state index in [1.54, 1.807) is 17.5 Å². The number of nitrogens with one attached hydrogen (secondary N) is 1. The Kier molecular flexibility index (Phi) is 3.31. The van der Waals surface area contributed by atoms with Gasteiger partial charge in [-0.05, 0) is 23.1 Å². The predicted molar refractivity (Wildman–Crippen MR) is 65.1 cm³/mol. The van der Waals surface area contributed by atoms with Crippen LogP contribution in [0.4, 0.5) is 0 Å². The smallest absolute Gasteiger partial charge is 0.217 e. The van der Waals surface area contributed by atoms with Crippen molar-refractivity contribution in [2.45, 2.75) is 13.5 Å². The van der Waals surface area contributed by atoms with Gasteiger partial charge in [0.1, 0.15) is 0 Å². The lowest BCUT2D eigenvalue weighted by molar-refractivity contribution is -0.119. The SMILES string of the molecule is CC(=O)NCc1cccnc1-c1ccsc1. The first-order chi connectivity index (χ1) is 7.77. The minimum atomic E-state index is -0.0277. The summed E-state index contributed by atoms with van der Waals surface area (Å²) in [5.41, 5.74) is 3.08. The molecule has 0 atom stereocenters. The summed E-state index contributed by atoms with van der Waals surface area (Å²) >= 11 is 1.64. The first kappa shape index (κ1) is 10.8. The molecular weight excluding hydrogens is 220 g/mol. The Balaban J connectivity index is 2.27. The molecule has 1 amide bonds. The molecule has 0 spiro atoms. The van der Waals surface area contributed by atoms with Crippen LogP contribution in [-0.4, -0.2) is 10.9 Å². The Hall–Kier alpha value is -1.68. The molecule has 0 saturated heterocycles. The monoisotopic (exact) mass is 232 g/mol. The van der Waals surface area contributed by atoms with Gasteiger partial charge in [0.15, 0.2) is 0 Å². The van der Waals surface area contributed by atoms with Crippen LogP contribution in [0.25, 0.3) is 11.3 Å². The molecule has 2 aromatic rings. The Bertz CT molecular complexity index is 480. The van der Waals surface area contributed by atoms with Gasteiger partial charge in [-0.15, -0.1) is 0 Å². The van der Waals surface area contributed by atoms with Crippen LogP contribution in [0.1, 0.15) is 12.5 Å². The molecule has 82 valence electrons. The molecule has 3 nitrogen and oxygen atoms in total. The van der Waals surface area contributed by atoms with Gasteiger partial charge in [-0.1, -0.05) is 6.07 Å². The fourth-order valence-corrected chi connectivity index (χ4v) is 2.10. The maximum absolute atomic E-state index is 10.9. The van der Waals surface area contributed by atoms with E-state index in [2.05, 4.69) is 15.7 Å². The second-order valence-corrected chi connectivity index (χ2v) is 4.21. The van der Waals surface area contributed by atoms with Gasteiger partial charge < -0.3 is 5.32 Å². The van der Waals surface area contributed by atoms with Gasteiger partial charge in [0.2, 0.25) is 5.91 Å². The van der Waals surface area contributed by atoms with E-state index in [0.29, 0.717) is 6.54 Å². The van der Waals surface area contributed by atoms with Crippen molar-refractivity contribution in [3.05, 3.63) is 40.7 Å². The maximum atomic E-state index is 10.9. The molecule has 0 aliphatic rings. The molecule has 0 fully saturated rings. The number of amides is 1. The van der Waals surface area contributed by atoms with E-state index in [4.69, 9.17) is 0 Å². The molecule has 0 saturated carbocycles. The average Bonchev–Trinajstić information content (AvgIpc) is 2.80. The van der Waals surface area contributed by atoms with E-state index in [1.807, 2.05) is 23.6 Å². The molecule has 0 radical (unpaired) electrons. The highest BCUT2D eigenvalue weighted by molar-refractivity contribution is 7.08. The fourth-order valence-electron chi connectivity index (χ4n) is 1.46. The Labute approximate surface area is 98.2 Å². The molecule has 0 bridgehead atoms. The molecule has 1 N–H and O–H groups in total. The summed E-state index contributed by atoms with van der Waals surface area (Å²) in [6.07, 6.45) is 1.77. The summed E-state index contributed by atoms with van der Waals surface area (Å²) in [7, 11) is 0. The summed E-state index contributed by atoms with van der Waals surface area (Å²) in [6.45, 7) is 2.04. The van der Waals surface area contributed by atoms with E-state index >= 15 is 0 Å². The number of hydrogen-bond acceptors (Lipinski definition) is 3. The van der Waals surface area contributed by atoms with Crippen molar-refractivity contribution in [2.75, 3.05) is 0 Å². The number of carbonyl (C=O) groups is 1. The lowest BCUT2D eigenvalue weighted by Gasteiger charge is -2.07. The molecule has 4 heteroatoms. The normalized spacial score (nSPS) is 10.1. The van der Waals surface area contributed by atoms with Crippen LogP contribution >= 0.6 is 11.3 Å². The van der Waals surface area contributed by atoms with Crippen LogP contribution in [0, 0.1) is 0 Å². The van der Waals surface area contributed by atoms with E-state index < -0.39 is 0 Å². The van der Waals surface area contributed by atoms with Crippen molar-refractivity contribution in [2.24, 2.45) is 0 Å². The topological polar surface area (TPSA) is 42.0 Å². The largest absolute Gasteiger partial charge is 0.352 e. The standard InChI is InChI=1S/C12H12N2OS/c1-9(15)14-7-10-3-2-5-13-12(10)11-4-6-16-8-11/h2-6,8H,7H2,1H3,(H,14,15). The summed E-state index contributed by atoms with van der Waals surface area (Å²) < 4.78 is 0. The van der Waals surface area contributed by atoms with E-state index in [0.717, 1.165) is 16.8 Å². The van der Waals surface area contributed by atoms with Crippen LogP contribution in [0.15, 0.2) is 35.2 Å².